The Bertz CT molecular complexity index is 469. The molecule has 1 aromatic carbocycles. The summed E-state index contributed by atoms with van der Waals surface area (Å²) in [6.45, 7) is 3.31. The average Bonchev–Trinajstić information content (AvgIpc) is 2.45. The molecule has 1 fully saturated rings. The third-order valence-corrected chi connectivity index (χ3v) is 4.02. The molecular weight excluding hydrogens is 270 g/mol. The van der Waals surface area contributed by atoms with Crippen LogP contribution in [0.15, 0.2) is 30.3 Å². The second kappa shape index (κ2) is 6.81. The van der Waals surface area contributed by atoms with Crippen molar-refractivity contribution in [1.29, 1.82) is 0 Å². The summed E-state index contributed by atoms with van der Waals surface area (Å²) in [7, 11) is 2.07. The van der Waals surface area contributed by atoms with Crippen molar-refractivity contribution >= 4 is 23.1 Å². The first kappa shape index (κ1) is 14.9. The molecule has 2 rings (SSSR count). The summed E-state index contributed by atoms with van der Waals surface area (Å²) >= 11 is 5.10. The van der Waals surface area contributed by atoms with E-state index < -0.39 is 5.92 Å². The molecule has 1 aromatic rings. The summed E-state index contributed by atoms with van der Waals surface area (Å²) in [6.07, 6.45) is 0.585. The summed E-state index contributed by atoms with van der Waals surface area (Å²) in [5.41, 5.74) is 6.88. The molecule has 1 aliphatic heterocycles. The molecule has 0 aliphatic carbocycles. The van der Waals surface area contributed by atoms with Crippen LogP contribution in [0.4, 0.5) is 0 Å². The minimum absolute atomic E-state index is 0.0643. The Morgan fingerprint density at radius 2 is 1.85 bits per heavy atom. The Balaban J connectivity index is 2.05. The first-order valence-electron chi connectivity index (χ1n) is 6.88. The van der Waals surface area contributed by atoms with Gasteiger partial charge >= 0.3 is 0 Å². The number of rotatable bonds is 4. The quantitative estimate of drug-likeness (QED) is 0.838. The van der Waals surface area contributed by atoms with Crippen LogP contribution in [0.25, 0.3) is 0 Å². The maximum absolute atomic E-state index is 12.6. The Hall–Kier alpha value is -1.46. The van der Waals surface area contributed by atoms with E-state index in [9.17, 15) is 4.79 Å². The number of amides is 1. The van der Waals surface area contributed by atoms with E-state index in [4.69, 9.17) is 18.0 Å². The molecule has 0 aromatic heterocycles. The Morgan fingerprint density at radius 3 is 2.40 bits per heavy atom. The van der Waals surface area contributed by atoms with Gasteiger partial charge in [0.25, 0.3) is 0 Å². The third-order valence-electron chi connectivity index (χ3n) is 3.74. The van der Waals surface area contributed by atoms with Crippen LogP contribution in [0.2, 0.25) is 0 Å². The van der Waals surface area contributed by atoms with Crippen LogP contribution in [0.1, 0.15) is 5.56 Å². The van der Waals surface area contributed by atoms with Gasteiger partial charge < -0.3 is 15.5 Å². The lowest BCUT2D eigenvalue weighted by atomic mass is 9.97. The van der Waals surface area contributed by atoms with Gasteiger partial charge in [0.05, 0.1) is 10.9 Å². The van der Waals surface area contributed by atoms with Gasteiger partial charge in [-0.15, -0.1) is 0 Å². The highest BCUT2D eigenvalue weighted by Gasteiger charge is 2.28. The van der Waals surface area contributed by atoms with Crippen molar-refractivity contribution in [1.82, 2.24) is 9.80 Å². The Morgan fingerprint density at radius 1 is 1.25 bits per heavy atom. The van der Waals surface area contributed by atoms with E-state index in [2.05, 4.69) is 11.9 Å². The van der Waals surface area contributed by atoms with E-state index in [-0.39, 0.29) is 10.9 Å². The summed E-state index contributed by atoms with van der Waals surface area (Å²) < 4.78 is 0. The number of thiocarbonyl (C=S) groups is 1. The van der Waals surface area contributed by atoms with Gasteiger partial charge in [-0.05, 0) is 19.0 Å². The average molecular weight is 291 g/mol. The summed E-state index contributed by atoms with van der Waals surface area (Å²) in [6, 6.07) is 9.89. The number of likely N-dealkylation sites (N-methyl/N-ethyl adjacent to an activating group) is 1. The highest BCUT2D eigenvalue weighted by atomic mass is 32.1. The molecule has 0 saturated carbocycles. The fourth-order valence-corrected chi connectivity index (χ4v) is 2.59. The van der Waals surface area contributed by atoms with Gasteiger partial charge in [0.2, 0.25) is 5.91 Å². The molecule has 20 heavy (non-hydrogen) atoms. The van der Waals surface area contributed by atoms with E-state index in [0.717, 1.165) is 31.7 Å². The van der Waals surface area contributed by atoms with Gasteiger partial charge in [-0.25, -0.2) is 0 Å². The summed E-state index contributed by atoms with van der Waals surface area (Å²) in [5.74, 6) is -0.328. The second-order valence-corrected chi connectivity index (χ2v) is 5.74. The first-order valence-corrected chi connectivity index (χ1v) is 7.29. The number of benzene rings is 1. The zero-order valence-electron chi connectivity index (χ0n) is 11.8. The Kier molecular flexibility index (Phi) is 5.09. The normalized spacial score (nSPS) is 17.8. The molecule has 2 N–H and O–H groups in total. The van der Waals surface area contributed by atoms with E-state index in [1.165, 1.54) is 0 Å². The van der Waals surface area contributed by atoms with Crippen LogP contribution >= 0.6 is 12.2 Å². The number of nitrogens with zero attached hydrogens (tertiary/aromatic N) is 2. The monoisotopic (exact) mass is 291 g/mol. The van der Waals surface area contributed by atoms with Crippen molar-refractivity contribution in [3.05, 3.63) is 35.9 Å². The first-order chi connectivity index (χ1) is 9.58. The van der Waals surface area contributed by atoms with Crippen molar-refractivity contribution < 1.29 is 4.79 Å². The van der Waals surface area contributed by atoms with Gasteiger partial charge in [0, 0.05) is 26.2 Å². The number of carbonyl (C=O) groups is 1. The molecule has 4 nitrogen and oxygen atoms in total. The van der Waals surface area contributed by atoms with Crippen molar-refractivity contribution in [2.24, 2.45) is 11.7 Å². The highest BCUT2D eigenvalue weighted by Crippen LogP contribution is 2.14. The predicted octanol–water partition coefficient (Wildman–Crippen LogP) is 0.905. The van der Waals surface area contributed by atoms with Crippen molar-refractivity contribution in [3.63, 3.8) is 0 Å². The van der Waals surface area contributed by atoms with E-state index in [1.54, 1.807) is 0 Å². The fraction of sp³-hybridized carbons (Fsp3) is 0.467. The fourth-order valence-electron chi connectivity index (χ4n) is 2.41. The topological polar surface area (TPSA) is 49.6 Å². The molecule has 0 bridgehead atoms. The van der Waals surface area contributed by atoms with E-state index in [0.29, 0.717) is 6.42 Å². The minimum atomic E-state index is -0.393. The number of piperazine rings is 1. The lowest BCUT2D eigenvalue weighted by molar-refractivity contribution is -0.134. The molecule has 108 valence electrons. The summed E-state index contributed by atoms with van der Waals surface area (Å²) in [4.78, 5) is 17.0. The molecule has 0 radical (unpaired) electrons. The lowest BCUT2D eigenvalue weighted by Gasteiger charge is -2.34. The largest absolute Gasteiger partial charge is 0.393 e. The van der Waals surface area contributed by atoms with Gasteiger partial charge in [-0.3, -0.25) is 4.79 Å². The maximum Gasteiger partial charge on any atom is 0.232 e. The van der Waals surface area contributed by atoms with Crippen molar-refractivity contribution in [2.45, 2.75) is 6.42 Å². The van der Waals surface area contributed by atoms with Crippen LogP contribution in [0.5, 0.6) is 0 Å². The smallest absolute Gasteiger partial charge is 0.232 e. The standard InChI is InChI=1S/C15H21N3OS/c1-17-7-9-18(10-8-17)15(19)13(14(16)20)11-12-5-3-2-4-6-12/h2-6,13H,7-11H2,1H3,(H2,16,20). The van der Waals surface area contributed by atoms with Gasteiger partial charge in [0.1, 0.15) is 0 Å². The predicted molar refractivity (Wildman–Crippen MR) is 84.5 cm³/mol. The molecule has 1 heterocycles. The molecular formula is C15H21N3OS. The minimum Gasteiger partial charge on any atom is -0.393 e. The van der Waals surface area contributed by atoms with Crippen LogP contribution < -0.4 is 5.73 Å². The van der Waals surface area contributed by atoms with Crippen LogP contribution in [0, 0.1) is 5.92 Å². The second-order valence-electron chi connectivity index (χ2n) is 5.27. The zero-order valence-corrected chi connectivity index (χ0v) is 12.6. The number of hydrogen-bond donors (Lipinski definition) is 1. The van der Waals surface area contributed by atoms with Crippen molar-refractivity contribution in [3.8, 4) is 0 Å². The van der Waals surface area contributed by atoms with Gasteiger partial charge in [-0.1, -0.05) is 42.5 Å². The highest BCUT2D eigenvalue weighted by molar-refractivity contribution is 7.80. The van der Waals surface area contributed by atoms with Crippen LogP contribution in [-0.2, 0) is 11.2 Å². The number of nitrogens with two attached hydrogens (primary N) is 1. The van der Waals surface area contributed by atoms with E-state index in [1.807, 2.05) is 35.2 Å². The number of hydrogen-bond acceptors (Lipinski definition) is 3. The van der Waals surface area contributed by atoms with Crippen LogP contribution in [0.3, 0.4) is 0 Å². The SMILES string of the molecule is CN1CCN(C(=O)C(Cc2ccccc2)C(N)=S)CC1. The maximum atomic E-state index is 12.6. The van der Waals surface area contributed by atoms with E-state index >= 15 is 0 Å². The molecule has 5 heteroatoms. The molecule has 1 atom stereocenters. The molecule has 1 unspecified atom stereocenters. The van der Waals surface area contributed by atoms with Gasteiger partial charge in [0.15, 0.2) is 0 Å². The molecule has 1 amide bonds. The summed E-state index contributed by atoms with van der Waals surface area (Å²) in [5, 5.41) is 0. The third kappa shape index (κ3) is 3.77. The molecule has 1 aliphatic rings. The zero-order chi connectivity index (χ0) is 14.5. The van der Waals surface area contributed by atoms with Crippen molar-refractivity contribution in [2.75, 3.05) is 33.2 Å². The Labute approximate surface area is 125 Å². The van der Waals surface area contributed by atoms with Gasteiger partial charge in [-0.2, -0.15) is 0 Å². The molecule has 1 saturated heterocycles. The number of carbonyl (C=O) groups excluding carboxylic acids is 1. The molecule has 0 spiro atoms. The lowest BCUT2D eigenvalue weighted by Crippen LogP contribution is -2.51. The van der Waals surface area contributed by atoms with Crippen LogP contribution in [-0.4, -0.2) is 53.9 Å².